The molecule has 2 nitrogen and oxygen atoms in total. The highest BCUT2D eigenvalue weighted by atomic mass is 16.5. The molecule has 0 saturated carbocycles. The minimum atomic E-state index is -0.176. The maximum atomic E-state index is 5.97. The van der Waals surface area contributed by atoms with Gasteiger partial charge in [-0.05, 0) is 44.5 Å². The van der Waals surface area contributed by atoms with E-state index >= 15 is 0 Å². The molecule has 0 radical (unpaired) electrons. The summed E-state index contributed by atoms with van der Waals surface area (Å²) in [5.41, 5.74) is 1.14. The van der Waals surface area contributed by atoms with Crippen molar-refractivity contribution in [2.45, 2.75) is 39.2 Å². The highest BCUT2D eigenvalue weighted by molar-refractivity contribution is 5.30. The van der Waals surface area contributed by atoms with Crippen LogP contribution in [0.25, 0.3) is 0 Å². The van der Waals surface area contributed by atoms with Crippen molar-refractivity contribution >= 4 is 0 Å². The standard InChI is InChI=1S/C14H23NO/c1-11(2)12-7-6-8-13(9-12)16-14(3,4)10-15-5/h6-9,11,15H,10H2,1-5H3. The molecular weight excluding hydrogens is 198 g/mol. The summed E-state index contributed by atoms with van der Waals surface area (Å²) in [6.45, 7) is 9.39. The van der Waals surface area contributed by atoms with Gasteiger partial charge in [0.05, 0.1) is 0 Å². The Balaban J connectivity index is 2.77. The largest absolute Gasteiger partial charge is 0.487 e. The number of ether oxygens (including phenoxy) is 1. The van der Waals surface area contributed by atoms with Gasteiger partial charge in [0.1, 0.15) is 11.4 Å². The molecule has 0 aliphatic rings. The van der Waals surface area contributed by atoms with E-state index in [2.05, 4.69) is 51.2 Å². The van der Waals surface area contributed by atoms with Crippen molar-refractivity contribution in [3.8, 4) is 5.75 Å². The minimum Gasteiger partial charge on any atom is -0.487 e. The molecular formula is C14H23NO. The first-order valence-electron chi connectivity index (χ1n) is 5.88. The van der Waals surface area contributed by atoms with E-state index in [1.807, 2.05) is 13.1 Å². The van der Waals surface area contributed by atoms with E-state index in [0.717, 1.165) is 12.3 Å². The zero-order valence-corrected chi connectivity index (χ0v) is 11.0. The van der Waals surface area contributed by atoms with Gasteiger partial charge in [0, 0.05) is 6.54 Å². The Morgan fingerprint density at radius 3 is 2.56 bits per heavy atom. The van der Waals surface area contributed by atoms with Crippen LogP contribution in [-0.4, -0.2) is 19.2 Å². The topological polar surface area (TPSA) is 21.3 Å². The molecule has 1 N–H and O–H groups in total. The van der Waals surface area contributed by atoms with Crippen molar-refractivity contribution in [1.29, 1.82) is 0 Å². The average molecular weight is 221 g/mol. The summed E-state index contributed by atoms with van der Waals surface area (Å²) in [6, 6.07) is 8.34. The Morgan fingerprint density at radius 2 is 2.00 bits per heavy atom. The average Bonchev–Trinajstić information content (AvgIpc) is 2.17. The molecule has 16 heavy (non-hydrogen) atoms. The fraction of sp³-hybridized carbons (Fsp3) is 0.571. The van der Waals surface area contributed by atoms with E-state index in [1.54, 1.807) is 0 Å². The van der Waals surface area contributed by atoms with Crippen LogP contribution in [0.5, 0.6) is 5.75 Å². The number of likely N-dealkylation sites (N-methyl/N-ethyl adjacent to an activating group) is 1. The van der Waals surface area contributed by atoms with Crippen LogP contribution in [0.4, 0.5) is 0 Å². The van der Waals surface area contributed by atoms with Gasteiger partial charge in [-0.25, -0.2) is 0 Å². The SMILES string of the molecule is CNCC(C)(C)Oc1cccc(C(C)C)c1. The van der Waals surface area contributed by atoms with Gasteiger partial charge < -0.3 is 10.1 Å². The van der Waals surface area contributed by atoms with Gasteiger partial charge in [0.25, 0.3) is 0 Å². The van der Waals surface area contributed by atoms with E-state index in [4.69, 9.17) is 4.74 Å². The van der Waals surface area contributed by atoms with Gasteiger partial charge in [-0.2, -0.15) is 0 Å². The summed E-state index contributed by atoms with van der Waals surface area (Å²) in [7, 11) is 1.94. The lowest BCUT2D eigenvalue weighted by Crippen LogP contribution is -2.38. The van der Waals surface area contributed by atoms with Crippen molar-refractivity contribution < 1.29 is 4.74 Å². The quantitative estimate of drug-likeness (QED) is 0.824. The molecule has 1 aromatic carbocycles. The van der Waals surface area contributed by atoms with E-state index in [0.29, 0.717) is 5.92 Å². The van der Waals surface area contributed by atoms with Gasteiger partial charge in [-0.1, -0.05) is 26.0 Å². The monoisotopic (exact) mass is 221 g/mol. The van der Waals surface area contributed by atoms with Crippen LogP contribution >= 0.6 is 0 Å². The van der Waals surface area contributed by atoms with Gasteiger partial charge >= 0.3 is 0 Å². The third-order valence-corrected chi connectivity index (χ3v) is 2.52. The first kappa shape index (κ1) is 13.0. The van der Waals surface area contributed by atoms with E-state index in [9.17, 15) is 0 Å². The minimum absolute atomic E-state index is 0.176. The van der Waals surface area contributed by atoms with Crippen molar-refractivity contribution in [3.63, 3.8) is 0 Å². The summed E-state index contributed by atoms with van der Waals surface area (Å²) < 4.78 is 5.97. The van der Waals surface area contributed by atoms with Crippen LogP contribution in [0.15, 0.2) is 24.3 Å². The maximum absolute atomic E-state index is 5.97. The normalized spacial score (nSPS) is 11.9. The molecule has 0 atom stereocenters. The Bertz CT molecular complexity index is 331. The third kappa shape index (κ3) is 3.86. The number of hydrogen-bond acceptors (Lipinski definition) is 2. The van der Waals surface area contributed by atoms with Crippen molar-refractivity contribution in [3.05, 3.63) is 29.8 Å². The first-order chi connectivity index (χ1) is 7.44. The highest BCUT2D eigenvalue weighted by Gasteiger charge is 2.18. The lowest BCUT2D eigenvalue weighted by Gasteiger charge is -2.26. The Labute approximate surface area is 99.0 Å². The summed E-state index contributed by atoms with van der Waals surface area (Å²) >= 11 is 0. The molecule has 90 valence electrons. The second-order valence-electron chi connectivity index (χ2n) is 5.12. The van der Waals surface area contributed by atoms with Crippen molar-refractivity contribution in [1.82, 2.24) is 5.32 Å². The maximum Gasteiger partial charge on any atom is 0.120 e. The third-order valence-electron chi connectivity index (χ3n) is 2.52. The molecule has 0 saturated heterocycles. The first-order valence-corrected chi connectivity index (χ1v) is 5.88. The molecule has 0 unspecified atom stereocenters. The molecule has 1 aromatic rings. The Hall–Kier alpha value is -1.02. The highest BCUT2D eigenvalue weighted by Crippen LogP contribution is 2.23. The van der Waals surface area contributed by atoms with Gasteiger partial charge in [-0.3, -0.25) is 0 Å². The number of nitrogens with one attached hydrogen (secondary N) is 1. The van der Waals surface area contributed by atoms with Gasteiger partial charge in [0.2, 0.25) is 0 Å². The molecule has 0 bridgehead atoms. The van der Waals surface area contributed by atoms with Gasteiger partial charge in [-0.15, -0.1) is 0 Å². The second-order valence-corrected chi connectivity index (χ2v) is 5.12. The zero-order valence-electron chi connectivity index (χ0n) is 11.0. The van der Waals surface area contributed by atoms with Crippen molar-refractivity contribution in [2.75, 3.05) is 13.6 Å². The fourth-order valence-corrected chi connectivity index (χ4v) is 1.72. The Morgan fingerprint density at radius 1 is 1.31 bits per heavy atom. The molecule has 1 rings (SSSR count). The lowest BCUT2D eigenvalue weighted by molar-refractivity contribution is 0.110. The fourth-order valence-electron chi connectivity index (χ4n) is 1.72. The summed E-state index contributed by atoms with van der Waals surface area (Å²) in [4.78, 5) is 0. The predicted molar refractivity (Wildman–Crippen MR) is 69.2 cm³/mol. The van der Waals surface area contributed by atoms with Gasteiger partial charge in [0.15, 0.2) is 0 Å². The summed E-state index contributed by atoms with van der Waals surface area (Å²) in [5, 5.41) is 3.14. The van der Waals surface area contributed by atoms with E-state index in [-0.39, 0.29) is 5.60 Å². The number of rotatable bonds is 5. The van der Waals surface area contributed by atoms with Crippen LogP contribution in [0.3, 0.4) is 0 Å². The smallest absolute Gasteiger partial charge is 0.120 e. The van der Waals surface area contributed by atoms with Crippen LogP contribution < -0.4 is 10.1 Å². The predicted octanol–water partition coefficient (Wildman–Crippen LogP) is 3.19. The van der Waals surface area contributed by atoms with Crippen molar-refractivity contribution in [2.24, 2.45) is 0 Å². The second kappa shape index (κ2) is 5.35. The molecule has 0 spiro atoms. The van der Waals surface area contributed by atoms with Crippen LogP contribution in [0.2, 0.25) is 0 Å². The molecule has 0 amide bonds. The van der Waals surface area contributed by atoms with E-state index < -0.39 is 0 Å². The van der Waals surface area contributed by atoms with Crippen LogP contribution in [0.1, 0.15) is 39.2 Å². The van der Waals surface area contributed by atoms with Crippen LogP contribution in [0, 0.1) is 0 Å². The Kier molecular flexibility index (Phi) is 4.36. The molecule has 0 aliphatic carbocycles. The molecule has 0 heterocycles. The number of benzene rings is 1. The molecule has 0 aromatic heterocycles. The van der Waals surface area contributed by atoms with Crippen LogP contribution in [-0.2, 0) is 0 Å². The summed E-state index contributed by atoms with van der Waals surface area (Å²) in [5.74, 6) is 1.49. The lowest BCUT2D eigenvalue weighted by atomic mass is 10.0. The summed E-state index contributed by atoms with van der Waals surface area (Å²) in [6.07, 6.45) is 0. The number of hydrogen-bond donors (Lipinski definition) is 1. The van der Waals surface area contributed by atoms with E-state index in [1.165, 1.54) is 5.56 Å². The molecule has 2 heteroatoms. The molecule has 0 aliphatic heterocycles. The molecule has 0 fully saturated rings. The zero-order chi connectivity index (χ0) is 12.2.